The maximum Gasteiger partial charge on any atom is 0.118 e. The van der Waals surface area contributed by atoms with Crippen LogP contribution in [0.15, 0.2) is 24.3 Å². The third kappa shape index (κ3) is 2.06. The molecule has 1 heterocycles. The second-order valence-corrected chi connectivity index (χ2v) is 4.17. The summed E-state index contributed by atoms with van der Waals surface area (Å²) >= 11 is 0. The first-order valence-corrected chi connectivity index (χ1v) is 5.72. The third-order valence-electron chi connectivity index (χ3n) is 3.47. The molecule has 0 bridgehead atoms. The molecule has 1 saturated heterocycles. The number of methoxy groups -OCH3 is 1. The summed E-state index contributed by atoms with van der Waals surface area (Å²) in [5, 5.41) is 3.45. The lowest BCUT2D eigenvalue weighted by Crippen LogP contribution is -2.44. The number of hydrogen-bond acceptors (Lipinski definition) is 3. The van der Waals surface area contributed by atoms with Gasteiger partial charge in [0.15, 0.2) is 0 Å². The Hall–Kier alpha value is -1.06. The predicted octanol–water partition coefficient (Wildman–Crippen LogP) is 1.92. The second kappa shape index (κ2) is 4.85. The molecule has 1 N–H and O–H groups in total. The first-order chi connectivity index (χ1) is 7.80. The first-order valence-electron chi connectivity index (χ1n) is 5.72. The van der Waals surface area contributed by atoms with Crippen molar-refractivity contribution >= 4 is 0 Å². The lowest BCUT2D eigenvalue weighted by atomic mass is 9.83. The highest BCUT2D eigenvalue weighted by Gasteiger charge is 2.32. The highest BCUT2D eigenvalue weighted by atomic mass is 16.5. The molecule has 1 aromatic rings. The Morgan fingerprint density at radius 2 is 1.81 bits per heavy atom. The summed E-state index contributed by atoms with van der Waals surface area (Å²) in [4.78, 5) is 0. The van der Waals surface area contributed by atoms with Gasteiger partial charge in [-0.05, 0) is 37.6 Å². The molecule has 3 heteroatoms. The topological polar surface area (TPSA) is 30.5 Å². The monoisotopic (exact) mass is 221 g/mol. The van der Waals surface area contributed by atoms with E-state index >= 15 is 0 Å². The fourth-order valence-corrected chi connectivity index (χ4v) is 2.31. The molecule has 0 spiro atoms. The van der Waals surface area contributed by atoms with E-state index in [9.17, 15) is 0 Å². The van der Waals surface area contributed by atoms with Crippen LogP contribution in [0.3, 0.4) is 0 Å². The summed E-state index contributed by atoms with van der Waals surface area (Å²) in [6.07, 6.45) is 2.05. The van der Waals surface area contributed by atoms with Gasteiger partial charge in [-0.25, -0.2) is 0 Å². The van der Waals surface area contributed by atoms with E-state index in [1.165, 1.54) is 5.56 Å². The Labute approximate surface area is 96.8 Å². The van der Waals surface area contributed by atoms with Crippen LogP contribution in [-0.2, 0) is 10.3 Å². The third-order valence-corrected chi connectivity index (χ3v) is 3.47. The molecule has 0 amide bonds. The Kier molecular flexibility index (Phi) is 3.46. The molecule has 2 rings (SSSR count). The molecular weight excluding hydrogens is 202 g/mol. The van der Waals surface area contributed by atoms with Crippen molar-refractivity contribution in [2.24, 2.45) is 0 Å². The van der Waals surface area contributed by atoms with E-state index in [1.54, 1.807) is 7.11 Å². The molecule has 3 nitrogen and oxygen atoms in total. The lowest BCUT2D eigenvalue weighted by molar-refractivity contribution is 0.0398. The minimum absolute atomic E-state index is 0.0739. The van der Waals surface area contributed by atoms with Crippen molar-refractivity contribution in [2.75, 3.05) is 27.4 Å². The summed E-state index contributed by atoms with van der Waals surface area (Å²) in [6, 6.07) is 8.31. The number of ether oxygens (including phenoxy) is 2. The van der Waals surface area contributed by atoms with E-state index in [0.29, 0.717) is 0 Å². The van der Waals surface area contributed by atoms with Crippen LogP contribution >= 0.6 is 0 Å². The summed E-state index contributed by atoms with van der Waals surface area (Å²) in [5.41, 5.74) is 1.39. The second-order valence-electron chi connectivity index (χ2n) is 4.17. The molecular formula is C13H19NO2. The van der Waals surface area contributed by atoms with E-state index in [4.69, 9.17) is 9.47 Å². The van der Waals surface area contributed by atoms with Crippen LogP contribution in [0.2, 0.25) is 0 Å². The summed E-state index contributed by atoms with van der Waals surface area (Å²) in [5.74, 6) is 0.905. The molecule has 88 valence electrons. The quantitative estimate of drug-likeness (QED) is 0.846. The molecule has 0 radical (unpaired) electrons. The Balaban J connectivity index is 2.24. The Bertz CT molecular complexity index is 328. The van der Waals surface area contributed by atoms with Gasteiger partial charge >= 0.3 is 0 Å². The molecule has 0 aromatic heterocycles. The zero-order chi connectivity index (χ0) is 11.4. The van der Waals surface area contributed by atoms with E-state index in [1.807, 2.05) is 19.2 Å². The normalized spacial score (nSPS) is 19.4. The average molecular weight is 221 g/mol. The van der Waals surface area contributed by atoms with Crippen LogP contribution in [0.4, 0.5) is 0 Å². The molecule has 0 atom stereocenters. The van der Waals surface area contributed by atoms with Crippen molar-refractivity contribution < 1.29 is 9.47 Å². The zero-order valence-electron chi connectivity index (χ0n) is 9.95. The zero-order valence-corrected chi connectivity index (χ0v) is 9.95. The van der Waals surface area contributed by atoms with E-state index in [-0.39, 0.29) is 5.54 Å². The van der Waals surface area contributed by atoms with Crippen LogP contribution in [0, 0.1) is 0 Å². The van der Waals surface area contributed by atoms with Gasteiger partial charge in [-0.3, -0.25) is 0 Å². The van der Waals surface area contributed by atoms with Gasteiger partial charge in [0, 0.05) is 18.8 Å². The molecule has 1 fully saturated rings. The van der Waals surface area contributed by atoms with Gasteiger partial charge in [0.05, 0.1) is 7.11 Å². The van der Waals surface area contributed by atoms with E-state index < -0.39 is 0 Å². The fraction of sp³-hybridized carbons (Fsp3) is 0.538. The maximum absolute atomic E-state index is 5.43. The molecule has 0 saturated carbocycles. The largest absolute Gasteiger partial charge is 0.497 e. The molecule has 1 aromatic carbocycles. The van der Waals surface area contributed by atoms with E-state index in [2.05, 4.69) is 17.4 Å². The van der Waals surface area contributed by atoms with Gasteiger partial charge in [0.1, 0.15) is 5.75 Å². The highest BCUT2D eigenvalue weighted by molar-refractivity contribution is 5.32. The molecule has 0 unspecified atom stereocenters. The van der Waals surface area contributed by atoms with Gasteiger partial charge in [-0.2, -0.15) is 0 Å². The van der Waals surface area contributed by atoms with E-state index in [0.717, 1.165) is 31.8 Å². The average Bonchev–Trinajstić information content (AvgIpc) is 2.39. The van der Waals surface area contributed by atoms with Gasteiger partial charge in [-0.1, -0.05) is 12.1 Å². The lowest BCUT2D eigenvalue weighted by Gasteiger charge is -2.37. The number of rotatable bonds is 3. The molecule has 16 heavy (non-hydrogen) atoms. The smallest absolute Gasteiger partial charge is 0.118 e. The van der Waals surface area contributed by atoms with Crippen molar-refractivity contribution in [3.63, 3.8) is 0 Å². The minimum atomic E-state index is 0.0739. The van der Waals surface area contributed by atoms with Crippen LogP contribution in [0.25, 0.3) is 0 Å². The van der Waals surface area contributed by atoms with Crippen molar-refractivity contribution in [1.82, 2.24) is 5.32 Å². The van der Waals surface area contributed by atoms with Crippen molar-refractivity contribution in [1.29, 1.82) is 0 Å². The van der Waals surface area contributed by atoms with Crippen LogP contribution in [0.5, 0.6) is 5.75 Å². The van der Waals surface area contributed by atoms with Crippen molar-refractivity contribution in [2.45, 2.75) is 18.4 Å². The number of nitrogens with one attached hydrogen (secondary N) is 1. The van der Waals surface area contributed by atoms with Crippen LogP contribution < -0.4 is 10.1 Å². The number of hydrogen-bond donors (Lipinski definition) is 1. The highest BCUT2D eigenvalue weighted by Crippen LogP contribution is 2.32. The van der Waals surface area contributed by atoms with Crippen LogP contribution in [-0.4, -0.2) is 27.4 Å². The number of benzene rings is 1. The summed E-state index contributed by atoms with van der Waals surface area (Å²) in [7, 11) is 3.72. The summed E-state index contributed by atoms with van der Waals surface area (Å²) in [6.45, 7) is 1.65. The molecule has 1 aliphatic heterocycles. The SMILES string of the molecule is CNC1(c2ccc(OC)cc2)CCOCC1. The fourth-order valence-electron chi connectivity index (χ4n) is 2.31. The molecule has 0 aliphatic carbocycles. The van der Waals surface area contributed by atoms with Gasteiger partial charge in [0.25, 0.3) is 0 Å². The van der Waals surface area contributed by atoms with Crippen molar-refractivity contribution in [3.05, 3.63) is 29.8 Å². The Morgan fingerprint density at radius 1 is 1.19 bits per heavy atom. The van der Waals surface area contributed by atoms with Crippen molar-refractivity contribution in [3.8, 4) is 5.75 Å². The van der Waals surface area contributed by atoms with Crippen LogP contribution in [0.1, 0.15) is 18.4 Å². The summed E-state index contributed by atoms with van der Waals surface area (Å²) < 4.78 is 10.6. The first kappa shape index (κ1) is 11.4. The maximum atomic E-state index is 5.43. The van der Waals surface area contributed by atoms with Gasteiger partial charge in [0.2, 0.25) is 0 Å². The minimum Gasteiger partial charge on any atom is -0.497 e. The standard InChI is InChI=1S/C13H19NO2/c1-14-13(7-9-16-10-8-13)11-3-5-12(15-2)6-4-11/h3-6,14H,7-10H2,1-2H3. The van der Waals surface area contributed by atoms with Gasteiger partial charge < -0.3 is 14.8 Å². The van der Waals surface area contributed by atoms with Gasteiger partial charge in [-0.15, -0.1) is 0 Å². The molecule has 1 aliphatic rings. The Morgan fingerprint density at radius 3 is 2.31 bits per heavy atom. The predicted molar refractivity (Wildman–Crippen MR) is 63.8 cm³/mol.